The van der Waals surface area contributed by atoms with Crippen LogP contribution in [-0.4, -0.2) is 20.7 Å². The van der Waals surface area contributed by atoms with Crippen LogP contribution in [0.2, 0.25) is 0 Å². The molecule has 0 saturated carbocycles. The Bertz CT molecular complexity index is 984. The third-order valence-electron chi connectivity index (χ3n) is 4.44. The summed E-state index contributed by atoms with van der Waals surface area (Å²) in [5.74, 6) is -0.0503. The Morgan fingerprint density at radius 1 is 1.31 bits per heavy atom. The van der Waals surface area contributed by atoms with Gasteiger partial charge in [-0.1, -0.05) is 18.2 Å². The minimum Gasteiger partial charge on any atom is -0.325 e. The standard InChI is InChI=1S/C20H21N5O/c1-14-18(15(2)25(24-14)11-5-10-21)8-9-20(26)23-17-12-16-6-3-4-7-19(16)22-13-17/h3-4,6-7,12-13H,5,8-9,11H2,1-2H3,(H,23,26). The second-order valence-electron chi connectivity index (χ2n) is 6.25. The highest BCUT2D eigenvalue weighted by molar-refractivity contribution is 5.93. The summed E-state index contributed by atoms with van der Waals surface area (Å²) in [5.41, 5.74) is 4.63. The fourth-order valence-corrected chi connectivity index (χ4v) is 3.07. The largest absolute Gasteiger partial charge is 0.325 e. The van der Waals surface area contributed by atoms with Crippen LogP contribution in [0.25, 0.3) is 10.9 Å². The number of nitriles is 1. The number of fused-ring (bicyclic) bond motifs is 1. The maximum atomic E-state index is 12.3. The Hall–Kier alpha value is -3.20. The van der Waals surface area contributed by atoms with Crippen LogP contribution in [0, 0.1) is 25.2 Å². The lowest BCUT2D eigenvalue weighted by molar-refractivity contribution is -0.116. The van der Waals surface area contributed by atoms with Gasteiger partial charge in [-0.3, -0.25) is 14.5 Å². The highest BCUT2D eigenvalue weighted by Crippen LogP contribution is 2.18. The van der Waals surface area contributed by atoms with Gasteiger partial charge in [-0.25, -0.2) is 0 Å². The summed E-state index contributed by atoms with van der Waals surface area (Å²) in [5, 5.41) is 17.1. The van der Waals surface area contributed by atoms with Crippen LogP contribution in [0.1, 0.15) is 29.8 Å². The summed E-state index contributed by atoms with van der Waals surface area (Å²) < 4.78 is 1.85. The van der Waals surface area contributed by atoms with Crippen molar-refractivity contribution in [3.05, 3.63) is 53.5 Å². The highest BCUT2D eigenvalue weighted by atomic mass is 16.1. The van der Waals surface area contributed by atoms with E-state index >= 15 is 0 Å². The van der Waals surface area contributed by atoms with E-state index in [2.05, 4.69) is 21.5 Å². The molecule has 2 heterocycles. The van der Waals surface area contributed by atoms with Gasteiger partial charge in [0.2, 0.25) is 5.91 Å². The second-order valence-corrected chi connectivity index (χ2v) is 6.25. The number of hydrogen-bond acceptors (Lipinski definition) is 4. The number of rotatable bonds is 6. The van der Waals surface area contributed by atoms with Gasteiger partial charge in [-0.2, -0.15) is 10.4 Å². The van der Waals surface area contributed by atoms with E-state index in [1.165, 1.54) is 0 Å². The molecule has 6 nitrogen and oxygen atoms in total. The quantitative estimate of drug-likeness (QED) is 0.739. The molecule has 0 fully saturated rings. The zero-order valence-electron chi connectivity index (χ0n) is 15.0. The van der Waals surface area contributed by atoms with Crippen molar-refractivity contribution < 1.29 is 4.79 Å². The zero-order valence-corrected chi connectivity index (χ0v) is 15.0. The van der Waals surface area contributed by atoms with E-state index in [9.17, 15) is 4.79 Å². The number of anilines is 1. The number of hydrogen-bond donors (Lipinski definition) is 1. The summed E-state index contributed by atoms with van der Waals surface area (Å²) in [6, 6.07) is 11.9. The molecule has 3 rings (SSSR count). The van der Waals surface area contributed by atoms with E-state index in [1.807, 2.05) is 48.9 Å². The van der Waals surface area contributed by atoms with Crippen LogP contribution in [0.3, 0.4) is 0 Å². The number of nitrogens with one attached hydrogen (secondary N) is 1. The minimum atomic E-state index is -0.0503. The first kappa shape index (κ1) is 17.6. The molecular weight excluding hydrogens is 326 g/mol. The SMILES string of the molecule is Cc1nn(CCC#N)c(C)c1CCC(=O)Nc1cnc2ccccc2c1. The zero-order chi connectivity index (χ0) is 18.5. The molecule has 132 valence electrons. The second kappa shape index (κ2) is 7.79. The van der Waals surface area contributed by atoms with Crippen molar-refractivity contribution in [1.29, 1.82) is 5.26 Å². The number of carbonyl (C=O) groups is 1. The molecule has 0 radical (unpaired) electrons. The lowest BCUT2D eigenvalue weighted by Crippen LogP contribution is -2.13. The van der Waals surface area contributed by atoms with Crippen molar-refractivity contribution in [3.8, 4) is 6.07 Å². The normalized spacial score (nSPS) is 10.7. The smallest absolute Gasteiger partial charge is 0.224 e. The first-order valence-corrected chi connectivity index (χ1v) is 8.63. The molecule has 3 aromatic rings. The Morgan fingerprint density at radius 2 is 2.12 bits per heavy atom. The summed E-state index contributed by atoms with van der Waals surface area (Å²) in [6.45, 7) is 4.51. The summed E-state index contributed by atoms with van der Waals surface area (Å²) in [4.78, 5) is 16.7. The summed E-state index contributed by atoms with van der Waals surface area (Å²) in [6.07, 6.45) is 3.10. The van der Waals surface area contributed by atoms with Gasteiger partial charge in [0, 0.05) is 17.5 Å². The Labute approximate surface area is 152 Å². The van der Waals surface area contributed by atoms with Gasteiger partial charge in [0.1, 0.15) is 0 Å². The number of carbonyl (C=O) groups excluding carboxylic acids is 1. The van der Waals surface area contributed by atoms with Gasteiger partial charge in [0.25, 0.3) is 0 Å². The molecule has 1 amide bonds. The minimum absolute atomic E-state index is 0.0503. The number of nitrogens with zero attached hydrogens (tertiary/aromatic N) is 4. The van der Waals surface area contributed by atoms with Crippen molar-refractivity contribution in [2.24, 2.45) is 0 Å². The number of amides is 1. The molecule has 26 heavy (non-hydrogen) atoms. The molecule has 1 N–H and O–H groups in total. The molecule has 0 aliphatic heterocycles. The molecule has 0 aliphatic rings. The van der Waals surface area contributed by atoms with Gasteiger partial charge in [0.15, 0.2) is 0 Å². The van der Waals surface area contributed by atoms with E-state index in [4.69, 9.17) is 5.26 Å². The third kappa shape index (κ3) is 3.89. The van der Waals surface area contributed by atoms with Crippen LogP contribution in [0.5, 0.6) is 0 Å². The lowest BCUT2D eigenvalue weighted by atomic mass is 10.1. The van der Waals surface area contributed by atoms with Crippen molar-refractivity contribution in [1.82, 2.24) is 14.8 Å². The third-order valence-corrected chi connectivity index (χ3v) is 4.44. The Balaban J connectivity index is 1.63. The molecular formula is C20H21N5O. The van der Waals surface area contributed by atoms with E-state index in [1.54, 1.807) is 6.20 Å². The average molecular weight is 347 g/mol. The fourth-order valence-electron chi connectivity index (χ4n) is 3.07. The number of aromatic nitrogens is 3. The van der Waals surface area contributed by atoms with Crippen LogP contribution in [0.4, 0.5) is 5.69 Å². The Morgan fingerprint density at radius 3 is 2.92 bits per heavy atom. The lowest BCUT2D eigenvalue weighted by Gasteiger charge is -2.07. The maximum absolute atomic E-state index is 12.3. The molecule has 0 atom stereocenters. The topological polar surface area (TPSA) is 83.6 Å². The summed E-state index contributed by atoms with van der Waals surface area (Å²) in [7, 11) is 0. The van der Waals surface area contributed by atoms with E-state index in [0.29, 0.717) is 31.5 Å². The van der Waals surface area contributed by atoms with E-state index in [0.717, 1.165) is 27.9 Å². The van der Waals surface area contributed by atoms with Crippen molar-refractivity contribution in [2.75, 3.05) is 5.32 Å². The number of pyridine rings is 1. The first-order valence-electron chi connectivity index (χ1n) is 8.63. The fraction of sp³-hybridized carbons (Fsp3) is 0.300. The molecule has 0 aliphatic carbocycles. The van der Waals surface area contributed by atoms with Crippen molar-refractivity contribution >= 4 is 22.5 Å². The molecule has 0 bridgehead atoms. The molecule has 1 aromatic carbocycles. The predicted octanol–water partition coefficient (Wildman–Crippen LogP) is 3.53. The van der Waals surface area contributed by atoms with Gasteiger partial charge in [0.05, 0.1) is 42.1 Å². The average Bonchev–Trinajstić information content (AvgIpc) is 2.91. The first-order chi connectivity index (χ1) is 12.6. The molecule has 6 heteroatoms. The highest BCUT2D eigenvalue weighted by Gasteiger charge is 2.13. The Kier molecular flexibility index (Phi) is 5.28. The van der Waals surface area contributed by atoms with Crippen LogP contribution in [-0.2, 0) is 17.8 Å². The predicted molar refractivity (Wildman–Crippen MR) is 101 cm³/mol. The van der Waals surface area contributed by atoms with Gasteiger partial charge in [-0.15, -0.1) is 0 Å². The van der Waals surface area contributed by atoms with E-state index in [-0.39, 0.29) is 5.91 Å². The van der Waals surface area contributed by atoms with E-state index < -0.39 is 0 Å². The van der Waals surface area contributed by atoms with Gasteiger partial charge in [-0.05, 0) is 38.0 Å². The van der Waals surface area contributed by atoms with Crippen LogP contribution in [0.15, 0.2) is 36.5 Å². The number of benzene rings is 1. The number of para-hydroxylation sites is 1. The van der Waals surface area contributed by atoms with Crippen LogP contribution < -0.4 is 5.32 Å². The number of aryl methyl sites for hydroxylation is 2. The molecule has 0 spiro atoms. The maximum Gasteiger partial charge on any atom is 0.224 e. The molecule has 0 unspecified atom stereocenters. The van der Waals surface area contributed by atoms with Crippen molar-refractivity contribution in [2.45, 2.75) is 39.7 Å². The summed E-state index contributed by atoms with van der Waals surface area (Å²) >= 11 is 0. The van der Waals surface area contributed by atoms with Gasteiger partial charge < -0.3 is 5.32 Å². The molecule has 2 aromatic heterocycles. The van der Waals surface area contributed by atoms with Crippen LogP contribution >= 0.6 is 0 Å². The van der Waals surface area contributed by atoms with Crippen molar-refractivity contribution in [3.63, 3.8) is 0 Å². The monoisotopic (exact) mass is 347 g/mol. The van der Waals surface area contributed by atoms with Gasteiger partial charge >= 0.3 is 0 Å². The molecule has 0 saturated heterocycles.